The van der Waals surface area contributed by atoms with Crippen LogP contribution in [0.5, 0.6) is 0 Å². The van der Waals surface area contributed by atoms with Crippen LogP contribution in [0.1, 0.15) is 5.82 Å². The Balaban J connectivity index is 2.13. The molecule has 20 heavy (non-hydrogen) atoms. The summed E-state index contributed by atoms with van der Waals surface area (Å²) in [7, 11) is 1.73. The lowest BCUT2D eigenvalue weighted by molar-refractivity contribution is -0.143. The second-order valence-electron chi connectivity index (χ2n) is 3.78. The first-order valence-corrected chi connectivity index (χ1v) is 5.69. The highest BCUT2D eigenvalue weighted by atomic mass is 16.5. The Hall–Kier alpha value is -2.49. The summed E-state index contributed by atoms with van der Waals surface area (Å²) in [5, 5.41) is 16.7. The van der Waals surface area contributed by atoms with E-state index in [1.807, 2.05) is 5.32 Å². The molecule has 0 saturated heterocycles. The Labute approximate surface area is 114 Å². The topological polar surface area (TPSA) is 135 Å². The number of carboxylic acids is 1. The van der Waals surface area contributed by atoms with Gasteiger partial charge in [0.1, 0.15) is 19.5 Å². The average molecular weight is 285 g/mol. The summed E-state index contributed by atoms with van der Waals surface area (Å²) in [6.45, 7) is -0.832. The molecular formula is C10H15N5O5. The van der Waals surface area contributed by atoms with E-state index in [4.69, 9.17) is 5.11 Å². The molecule has 0 bridgehead atoms. The van der Waals surface area contributed by atoms with E-state index < -0.39 is 31.1 Å². The van der Waals surface area contributed by atoms with E-state index in [-0.39, 0.29) is 6.54 Å². The van der Waals surface area contributed by atoms with Gasteiger partial charge in [0.15, 0.2) is 5.82 Å². The maximum Gasteiger partial charge on any atom is 0.329 e. The van der Waals surface area contributed by atoms with E-state index in [1.54, 1.807) is 18.1 Å². The number of carbonyl (C=O) groups is 3. The number of amides is 3. The van der Waals surface area contributed by atoms with E-state index in [2.05, 4.69) is 20.1 Å². The van der Waals surface area contributed by atoms with Crippen LogP contribution in [0.15, 0.2) is 6.33 Å². The van der Waals surface area contributed by atoms with Gasteiger partial charge in [0.05, 0.1) is 0 Å². The molecule has 0 radical (unpaired) electrons. The number of rotatable bonds is 7. The Morgan fingerprint density at radius 1 is 1.40 bits per heavy atom. The van der Waals surface area contributed by atoms with Crippen LogP contribution in [0.4, 0.5) is 4.79 Å². The molecular weight excluding hydrogens is 270 g/mol. The average Bonchev–Trinajstić information content (AvgIpc) is 2.74. The number of nitrogens with zero attached hydrogens (tertiary/aromatic N) is 3. The molecule has 1 aromatic rings. The van der Waals surface area contributed by atoms with E-state index in [0.29, 0.717) is 12.2 Å². The number of carbonyl (C=O) groups excluding carboxylic acids is 2. The second kappa shape index (κ2) is 7.84. The van der Waals surface area contributed by atoms with Gasteiger partial charge >= 0.3 is 12.0 Å². The highest BCUT2D eigenvalue weighted by Crippen LogP contribution is 1.87. The van der Waals surface area contributed by atoms with Crippen molar-refractivity contribution in [3.8, 4) is 0 Å². The summed E-state index contributed by atoms with van der Waals surface area (Å²) in [4.78, 5) is 36.5. The molecule has 0 aromatic carbocycles. The summed E-state index contributed by atoms with van der Waals surface area (Å²) in [6, 6.07) is -0.690. The second-order valence-corrected chi connectivity index (χ2v) is 3.78. The molecule has 3 N–H and O–H groups in total. The van der Waals surface area contributed by atoms with E-state index in [1.165, 1.54) is 0 Å². The van der Waals surface area contributed by atoms with Crippen molar-refractivity contribution in [2.24, 2.45) is 7.05 Å². The van der Waals surface area contributed by atoms with Gasteiger partial charge < -0.3 is 15.2 Å². The lowest BCUT2D eigenvalue weighted by Crippen LogP contribution is -2.42. The fourth-order valence-electron chi connectivity index (χ4n) is 1.22. The lowest BCUT2D eigenvalue weighted by Gasteiger charge is -2.05. The van der Waals surface area contributed by atoms with Crippen LogP contribution in [0.2, 0.25) is 0 Å². The summed E-state index contributed by atoms with van der Waals surface area (Å²) in [5.74, 6) is -1.34. The van der Waals surface area contributed by atoms with Crippen LogP contribution >= 0.6 is 0 Å². The first-order valence-electron chi connectivity index (χ1n) is 5.69. The minimum absolute atomic E-state index is 0.263. The van der Waals surface area contributed by atoms with Crippen LogP contribution in [0.25, 0.3) is 0 Å². The molecule has 0 spiro atoms. The molecule has 0 aliphatic carbocycles. The normalized spacial score (nSPS) is 10.1. The predicted octanol–water partition coefficient (Wildman–Crippen LogP) is -1.72. The third-order valence-corrected chi connectivity index (χ3v) is 1.99. The third kappa shape index (κ3) is 6.44. The van der Waals surface area contributed by atoms with Gasteiger partial charge in [-0.15, -0.1) is 0 Å². The Morgan fingerprint density at radius 2 is 2.15 bits per heavy atom. The van der Waals surface area contributed by atoms with Crippen molar-refractivity contribution in [3.63, 3.8) is 0 Å². The van der Waals surface area contributed by atoms with Gasteiger partial charge in [-0.2, -0.15) is 5.10 Å². The van der Waals surface area contributed by atoms with Gasteiger partial charge in [-0.25, -0.2) is 14.6 Å². The molecule has 0 aliphatic heterocycles. The number of urea groups is 1. The molecule has 1 heterocycles. The van der Waals surface area contributed by atoms with Gasteiger partial charge in [0, 0.05) is 20.0 Å². The summed E-state index contributed by atoms with van der Waals surface area (Å²) >= 11 is 0. The molecule has 10 nitrogen and oxygen atoms in total. The van der Waals surface area contributed by atoms with Crippen LogP contribution in [-0.2, 0) is 27.8 Å². The van der Waals surface area contributed by atoms with Crippen molar-refractivity contribution in [2.75, 3.05) is 19.8 Å². The number of ether oxygens (including phenoxy) is 1. The molecule has 1 aromatic heterocycles. The van der Waals surface area contributed by atoms with Crippen molar-refractivity contribution in [2.45, 2.75) is 6.42 Å². The first kappa shape index (κ1) is 15.6. The lowest BCUT2D eigenvalue weighted by atomic mass is 10.4. The maximum absolute atomic E-state index is 11.3. The summed E-state index contributed by atoms with van der Waals surface area (Å²) in [6.07, 6.45) is 1.97. The van der Waals surface area contributed by atoms with Crippen LogP contribution < -0.4 is 10.6 Å². The van der Waals surface area contributed by atoms with E-state index in [0.717, 1.165) is 0 Å². The Morgan fingerprint density at radius 3 is 2.75 bits per heavy atom. The highest BCUT2D eigenvalue weighted by molar-refractivity contribution is 5.94. The maximum atomic E-state index is 11.3. The minimum Gasteiger partial charge on any atom is -0.480 e. The summed E-state index contributed by atoms with van der Waals surface area (Å²) < 4.78 is 6.06. The minimum atomic E-state index is -1.19. The van der Waals surface area contributed by atoms with Gasteiger partial charge in [-0.1, -0.05) is 0 Å². The fourth-order valence-corrected chi connectivity index (χ4v) is 1.22. The molecule has 110 valence electrons. The molecule has 1 rings (SSSR count). The molecule has 0 saturated carbocycles. The van der Waals surface area contributed by atoms with Crippen molar-refractivity contribution in [1.29, 1.82) is 0 Å². The molecule has 0 aliphatic rings. The molecule has 0 fully saturated rings. The number of hydrogen-bond acceptors (Lipinski definition) is 6. The standard InChI is InChI=1S/C10H15N5O5/c1-15-6-12-7(14-15)2-3-11-10(19)13-8(16)4-20-5-9(17)18/h6H,2-5H2,1H3,(H,17,18)(H2,11,13,16,19). The van der Waals surface area contributed by atoms with Gasteiger partial charge in [-0.3, -0.25) is 14.8 Å². The van der Waals surface area contributed by atoms with Crippen molar-refractivity contribution >= 4 is 17.9 Å². The number of hydrogen-bond donors (Lipinski definition) is 3. The molecule has 3 amide bonds. The third-order valence-electron chi connectivity index (χ3n) is 1.99. The van der Waals surface area contributed by atoms with E-state index >= 15 is 0 Å². The fraction of sp³-hybridized carbons (Fsp3) is 0.500. The Bertz CT molecular complexity index is 486. The zero-order valence-corrected chi connectivity index (χ0v) is 10.8. The Kier molecular flexibility index (Phi) is 6.10. The zero-order chi connectivity index (χ0) is 15.0. The summed E-state index contributed by atoms with van der Waals surface area (Å²) in [5.41, 5.74) is 0. The quantitative estimate of drug-likeness (QED) is 0.542. The molecule has 10 heteroatoms. The number of aryl methyl sites for hydroxylation is 1. The molecule has 0 atom stereocenters. The van der Waals surface area contributed by atoms with Gasteiger partial charge in [0.2, 0.25) is 0 Å². The van der Waals surface area contributed by atoms with Crippen LogP contribution in [-0.4, -0.2) is 57.5 Å². The van der Waals surface area contributed by atoms with E-state index in [9.17, 15) is 14.4 Å². The van der Waals surface area contributed by atoms with Crippen LogP contribution in [0.3, 0.4) is 0 Å². The van der Waals surface area contributed by atoms with Gasteiger partial charge in [-0.05, 0) is 0 Å². The first-order chi connectivity index (χ1) is 9.47. The van der Waals surface area contributed by atoms with Crippen LogP contribution in [0, 0.1) is 0 Å². The monoisotopic (exact) mass is 285 g/mol. The number of aliphatic carboxylic acids is 1. The SMILES string of the molecule is Cn1cnc(CCNC(=O)NC(=O)COCC(=O)O)n1. The van der Waals surface area contributed by atoms with Crippen molar-refractivity contribution in [3.05, 3.63) is 12.2 Å². The number of nitrogens with one attached hydrogen (secondary N) is 2. The zero-order valence-electron chi connectivity index (χ0n) is 10.8. The van der Waals surface area contributed by atoms with Crippen molar-refractivity contribution < 1.29 is 24.2 Å². The smallest absolute Gasteiger partial charge is 0.329 e. The van der Waals surface area contributed by atoms with Gasteiger partial charge in [0.25, 0.3) is 5.91 Å². The number of aromatic nitrogens is 3. The van der Waals surface area contributed by atoms with Crippen molar-refractivity contribution in [1.82, 2.24) is 25.4 Å². The number of imide groups is 1. The highest BCUT2D eigenvalue weighted by Gasteiger charge is 2.08. The number of carboxylic acid groups (broad SMARTS) is 1. The predicted molar refractivity (Wildman–Crippen MR) is 64.7 cm³/mol. The largest absolute Gasteiger partial charge is 0.480 e. The molecule has 0 unspecified atom stereocenters.